The summed E-state index contributed by atoms with van der Waals surface area (Å²) in [6.07, 6.45) is 4.87. The van der Waals surface area contributed by atoms with Crippen LogP contribution in [0.25, 0.3) is 0 Å². The summed E-state index contributed by atoms with van der Waals surface area (Å²) in [4.78, 5) is 9.36. The molecule has 0 aromatic carbocycles. The van der Waals surface area contributed by atoms with Crippen LogP contribution in [0.1, 0.15) is 25.7 Å². The minimum atomic E-state index is 0.197. The van der Waals surface area contributed by atoms with E-state index in [2.05, 4.69) is 15.5 Å². The topological polar surface area (TPSA) is 39.7 Å². The van der Waals surface area contributed by atoms with Crippen LogP contribution in [0.15, 0.2) is 0 Å². The molecule has 1 saturated carbocycles. The Labute approximate surface area is 59.3 Å². The van der Waals surface area contributed by atoms with Crippen LogP contribution in [0, 0.1) is 0 Å². The molecular weight excluding hydrogens is 134 g/mol. The van der Waals surface area contributed by atoms with Crippen LogP contribution >= 0.6 is 0 Å². The number of fused-ring (bicyclic) bond motifs is 1. The van der Waals surface area contributed by atoms with E-state index in [0.29, 0.717) is 6.04 Å². The second-order valence-corrected chi connectivity index (χ2v) is 2.79. The smallest absolute Gasteiger partial charge is 0.114 e. The van der Waals surface area contributed by atoms with Crippen LogP contribution in [0.4, 0.5) is 0 Å². The Balaban J connectivity index is 1.93. The van der Waals surface area contributed by atoms with Crippen molar-refractivity contribution >= 4 is 0 Å². The Bertz CT molecular complexity index is 93.6. The summed E-state index contributed by atoms with van der Waals surface area (Å²) in [5.74, 6) is 0. The Kier molecular flexibility index (Phi) is 1.86. The molecule has 4 heteroatoms. The van der Waals surface area contributed by atoms with E-state index in [0.717, 1.165) is 12.8 Å². The third-order valence-corrected chi connectivity index (χ3v) is 2.10. The van der Waals surface area contributed by atoms with Gasteiger partial charge in [-0.25, -0.2) is 0 Å². The first-order valence-corrected chi connectivity index (χ1v) is 3.71. The van der Waals surface area contributed by atoms with E-state index < -0.39 is 0 Å². The number of nitrogens with one attached hydrogen (secondary N) is 1. The highest BCUT2D eigenvalue weighted by Crippen LogP contribution is 2.23. The largest absolute Gasteiger partial charge is 0.200 e. The Morgan fingerprint density at radius 2 is 2.10 bits per heavy atom. The second kappa shape index (κ2) is 2.84. The summed E-state index contributed by atoms with van der Waals surface area (Å²) in [5.41, 5.74) is 2.77. The predicted octanol–water partition coefficient (Wildman–Crippen LogP) is 0.696. The van der Waals surface area contributed by atoms with Crippen molar-refractivity contribution in [1.29, 1.82) is 0 Å². The van der Waals surface area contributed by atoms with Gasteiger partial charge in [0.05, 0.1) is 6.04 Å². The van der Waals surface area contributed by atoms with Crippen LogP contribution in [-0.2, 0) is 14.9 Å². The lowest BCUT2D eigenvalue weighted by Crippen LogP contribution is -2.47. The van der Waals surface area contributed by atoms with E-state index in [1.54, 1.807) is 0 Å². The molecule has 0 bridgehead atoms. The van der Waals surface area contributed by atoms with Gasteiger partial charge in [-0.1, -0.05) is 12.8 Å². The van der Waals surface area contributed by atoms with Gasteiger partial charge in [-0.2, -0.15) is 10.4 Å². The van der Waals surface area contributed by atoms with Gasteiger partial charge in [-0.15, -0.1) is 4.99 Å². The maximum atomic E-state index is 4.90. The highest BCUT2D eigenvalue weighted by atomic mass is 17.6. The predicted molar refractivity (Wildman–Crippen MR) is 32.4 cm³/mol. The Hall–Kier alpha value is -0.160. The summed E-state index contributed by atoms with van der Waals surface area (Å²) in [5, 5.41) is 4.33. The molecule has 1 aliphatic heterocycles. The summed E-state index contributed by atoms with van der Waals surface area (Å²) < 4.78 is 0. The summed E-state index contributed by atoms with van der Waals surface area (Å²) in [6, 6.07) is 0.336. The lowest BCUT2D eigenvalue weighted by molar-refractivity contribution is -0.579. The van der Waals surface area contributed by atoms with Gasteiger partial charge in [0.1, 0.15) is 6.10 Å². The van der Waals surface area contributed by atoms with E-state index in [1.165, 1.54) is 12.8 Å². The molecule has 2 aliphatic rings. The third-order valence-electron chi connectivity index (χ3n) is 2.10. The van der Waals surface area contributed by atoms with Crippen molar-refractivity contribution in [2.24, 2.45) is 0 Å². The molecule has 1 saturated heterocycles. The molecule has 2 rings (SSSR count). The van der Waals surface area contributed by atoms with Gasteiger partial charge >= 0.3 is 0 Å². The molecule has 0 amide bonds. The zero-order chi connectivity index (χ0) is 6.81. The van der Waals surface area contributed by atoms with Gasteiger partial charge < -0.3 is 0 Å². The minimum absolute atomic E-state index is 0.197. The molecule has 1 heterocycles. The van der Waals surface area contributed by atoms with Gasteiger partial charge in [-0.05, 0) is 17.9 Å². The third kappa shape index (κ3) is 1.15. The van der Waals surface area contributed by atoms with Crippen LogP contribution in [0.3, 0.4) is 0 Å². The van der Waals surface area contributed by atoms with E-state index in [4.69, 9.17) is 4.89 Å². The SMILES string of the molecule is C1CCC2OOONC2C1. The summed E-state index contributed by atoms with van der Waals surface area (Å²) in [6.45, 7) is 0. The van der Waals surface area contributed by atoms with E-state index in [9.17, 15) is 0 Å². The van der Waals surface area contributed by atoms with E-state index >= 15 is 0 Å². The lowest BCUT2D eigenvalue weighted by atomic mass is 9.93. The van der Waals surface area contributed by atoms with Crippen molar-refractivity contribution in [3.05, 3.63) is 0 Å². The fourth-order valence-electron chi connectivity index (χ4n) is 1.50. The first-order valence-electron chi connectivity index (χ1n) is 3.71. The highest BCUT2D eigenvalue weighted by molar-refractivity contribution is 4.78. The molecule has 2 unspecified atom stereocenters. The average Bonchev–Trinajstić information content (AvgIpc) is 2.05. The fourth-order valence-corrected chi connectivity index (χ4v) is 1.50. The molecular formula is C6H11NO3. The Morgan fingerprint density at radius 3 is 3.00 bits per heavy atom. The lowest BCUT2D eigenvalue weighted by Gasteiger charge is -2.32. The standard InChI is InChI=1S/C6H11NO3/c1-2-4-6-5(3-1)7-9-10-8-6/h5-7H,1-4H2. The van der Waals surface area contributed by atoms with Gasteiger partial charge in [0.2, 0.25) is 0 Å². The van der Waals surface area contributed by atoms with Gasteiger partial charge in [0.15, 0.2) is 0 Å². The van der Waals surface area contributed by atoms with E-state index in [1.807, 2.05) is 0 Å². The van der Waals surface area contributed by atoms with Crippen molar-refractivity contribution in [3.8, 4) is 0 Å². The molecule has 0 aromatic rings. The molecule has 2 fully saturated rings. The molecule has 2 atom stereocenters. The van der Waals surface area contributed by atoms with Crippen LogP contribution in [-0.4, -0.2) is 12.1 Å². The number of hydroxylamine groups is 1. The quantitative estimate of drug-likeness (QED) is 0.509. The van der Waals surface area contributed by atoms with Crippen LogP contribution in [0.5, 0.6) is 0 Å². The maximum Gasteiger partial charge on any atom is 0.114 e. The Morgan fingerprint density at radius 1 is 1.20 bits per heavy atom. The van der Waals surface area contributed by atoms with Crippen molar-refractivity contribution in [3.63, 3.8) is 0 Å². The molecule has 58 valence electrons. The molecule has 0 aromatic heterocycles. The van der Waals surface area contributed by atoms with Crippen molar-refractivity contribution in [1.82, 2.24) is 5.48 Å². The van der Waals surface area contributed by atoms with Crippen molar-refractivity contribution in [2.75, 3.05) is 0 Å². The summed E-state index contributed by atoms with van der Waals surface area (Å²) >= 11 is 0. The zero-order valence-corrected chi connectivity index (χ0v) is 5.71. The minimum Gasteiger partial charge on any atom is -0.200 e. The number of hydrogen-bond donors (Lipinski definition) is 1. The fraction of sp³-hybridized carbons (Fsp3) is 1.00. The highest BCUT2D eigenvalue weighted by Gasteiger charge is 2.30. The number of rotatable bonds is 0. The monoisotopic (exact) mass is 145 g/mol. The van der Waals surface area contributed by atoms with Gasteiger partial charge in [0, 0.05) is 0 Å². The average molecular weight is 145 g/mol. The van der Waals surface area contributed by atoms with Gasteiger partial charge in [0.25, 0.3) is 0 Å². The van der Waals surface area contributed by atoms with E-state index in [-0.39, 0.29) is 6.10 Å². The van der Waals surface area contributed by atoms with Crippen molar-refractivity contribution in [2.45, 2.75) is 37.8 Å². The molecule has 4 nitrogen and oxygen atoms in total. The first-order chi connectivity index (χ1) is 4.97. The molecule has 0 spiro atoms. The van der Waals surface area contributed by atoms with Crippen LogP contribution < -0.4 is 5.48 Å². The molecule has 10 heavy (non-hydrogen) atoms. The first kappa shape index (κ1) is 6.54. The molecule has 1 N–H and O–H groups in total. The maximum absolute atomic E-state index is 4.90. The molecule has 1 aliphatic carbocycles. The summed E-state index contributed by atoms with van der Waals surface area (Å²) in [7, 11) is 0. The number of hydrogen-bond acceptors (Lipinski definition) is 4. The second-order valence-electron chi connectivity index (χ2n) is 2.79. The normalized spacial score (nSPS) is 40.8. The van der Waals surface area contributed by atoms with Crippen molar-refractivity contribution < 1.29 is 14.9 Å². The van der Waals surface area contributed by atoms with Crippen LogP contribution in [0.2, 0.25) is 0 Å². The zero-order valence-electron chi connectivity index (χ0n) is 5.71. The van der Waals surface area contributed by atoms with Gasteiger partial charge in [-0.3, -0.25) is 0 Å². The molecule has 0 radical (unpaired) electrons.